The summed E-state index contributed by atoms with van der Waals surface area (Å²) in [5, 5.41) is 27.0. The molecule has 0 bridgehead atoms. The van der Waals surface area contributed by atoms with E-state index in [2.05, 4.69) is 36.3 Å². The summed E-state index contributed by atoms with van der Waals surface area (Å²) in [6.45, 7) is 0. The van der Waals surface area contributed by atoms with Crippen LogP contribution >= 0.6 is 0 Å². The second-order valence-electron chi connectivity index (χ2n) is 1.96. The first-order valence-electron chi connectivity index (χ1n) is 3.47. The van der Waals surface area contributed by atoms with Crippen LogP contribution in [0.15, 0.2) is 10.4 Å². The maximum atomic E-state index is 9.45. The molecule has 0 aliphatic heterocycles. The van der Waals surface area contributed by atoms with Gasteiger partial charge in [0.15, 0.2) is 0 Å². The number of hydrogen-bond acceptors (Lipinski definition) is 8. The lowest BCUT2D eigenvalue weighted by Gasteiger charge is -1.81. The van der Waals surface area contributed by atoms with E-state index < -0.39 is 0 Å². The van der Waals surface area contributed by atoms with E-state index in [1.807, 2.05) is 0 Å². The van der Waals surface area contributed by atoms with Crippen LogP contribution < -0.4 is 27.9 Å². The van der Waals surface area contributed by atoms with Crippen LogP contribution in [-0.2, 0) is 7.05 Å². The average Bonchev–Trinajstić information content (AvgIpc) is 2.64. The third kappa shape index (κ3) is 5.69. The van der Waals surface area contributed by atoms with E-state index in [0.29, 0.717) is 0 Å². The predicted molar refractivity (Wildman–Crippen MR) is 48.3 cm³/mol. The first-order chi connectivity index (χ1) is 7.13. The van der Waals surface area contributed by atoms with E-state index in [4.69, 9.17) is 17.4 Å². The molecule has 15 heavy (non-hydrogen) atoms. The standard InChI is InChI=1S/C2H4N6O.CH7N5/c1-8-5-2(3-6-8)4-7-9;2-1(5-3)6-4/h1H3,(H,4,5,9);3-4H2,(H3,2,5,6). The van der Waals surface area contributed by atoms with Crippen molar-refractivity contribution in [3.05, 3.63) is 5.21 Å². The van der Waals surface area contributed by atoms with Crippen LogP contribution in [0.1, 0.15) is 0 Å². The van der Waals surface area contributed by atoms with Gasteiger partial charge >= 0.3 is 11.9 Å². The maximum Gasteiger partial charge on any atom is 0.379 e. The molecule has 0 aromatic carbocycles. The minimum Gasteiger partial charge on any atom is -0.775 e. The Morgan fingerprint density at radius 1 is 1.67 bits per heavy atom. The average molecular weight is 217 g/mol. The molecule has 1 aromatic heterocycles. The van der Waals surface area contributed by atoms with Crippen molar-refractivity contribution in [1.29, 1.82) is 0 Å². The number of nitrogens with one attached hydrogen (secondary N) is 2. The van der Waals surface area contributed by atoms with Gasteiger partial charge in [0.05, 0.1) is 7.05 Å². The number of guanidine groups is 1. The van der Waals surface area contributed by atoms with Crippen molar-refractivity contribution >= 4 is 11.9 Å². The molecule has 84 valence electrons. The summed E-state index contributed by atoms with van der Waals surface area (Å²) in [4.78, 5) is 1.18. The number of hydrazone groups is 1. The van der Waals surface area contributed by atoms with Gasteiger partial charge in [-0.25, -0.2) is 10.7 Å². The number of nitrogens with two attached hydrogens (primary N) is 3. The number of aryl methyl sites for hydroxylation is 1. The summed E-state index contributed by atoms with van der Waals surface area (Å²) in [6, 6.07) is 0. The summed E-state index contributed by atoms with van der Waals surface area (Å²) in [6.07, 6.45) is 0. The SMILES string of the molecule is Cn1nnc(/N=N/[O-])n1.NN/C(N)=[NH+]/N. The minimum atomic E-state index is -0.0208. The molecule has 0 saturated carbocycles. The van der Waals surface area contributed by atoms with Crippen molar-refractivity contribution in [1.82, 2.24) is 25.6 Å². The highest BCUT2D eigenvalue weighted by molar-refractivity contribution is 5.70. The topological polar surface area (TPSA) is 195 Å². The Kier molecular flexibility index (Phi) is 5.80. The molecule has 0 aliphatic rings. The molecule has 0 unspecified atom stereocenters. The zero-order chi connectivity index (χ0) is 11.7. The number of nitrogens with zero attached hydrogens (tertiary/aromatic N) is 6. The minimum absolute atomic E-state index is 0.0208. The molecule has 1 aromatic rings. The molecule has 0 radical (unpaired) electrons. The summed E-state index contributed by atoms with van der Waals surface area (Å²) in [5.41, 5.74) is 6.99. The van der Waals surface area contributed by atoms with Crippen LogP contribution in [0.4, 0.5) is 5.95 Å². The first kappa shape index (κ1) is 12.5. The van der Waals surface area contributed by atoms with Crippen molar-refractivity contribution < 1.29 is 5.10 Å². The van der Waals surface area contributed by atoms with Gasteiger partial charge in [0.1, 0.15) is 0 Å². The Bertz CT molecular complexity index is 326. The first-order valence-corrected chi connectivity index (χ1v) is 3.47. The third-order valence-corrected chi connectivity index (χ3v) is 0.939. The molecule has 0 saturated heterocycles. The van der Waals surface area contributed by atoms with Gasteiger partial charge in [0.2, 0.25) is 0 Å². The second-order valence-corrected chi connectivity index (χ2v) is 1.96. The molecule has 0 amide bonds. The quantitative estimate of drug-likeness (QED) is 0.102. The maximum absolute atomic E-state index is 9.45. The Hall–Kier alpha value is -2.50. The fourth-order valence-corrected chi connectivity index (χ4v) is 0.392. The van der Waals surface area contributed by atoms with Crippen LogP contribution in [0.25, 0.3) is 0 Å². The molecule has 0 fully saturated rings. The normalized spacial score (nSPS) is 10.9. The third-order valence-electron chi connectivity index (χ3n) is 0.939. The number of tetrazole rings is 1. The largest absolute Gasteiger partial charge is 0.775 e. The van der Waals surface area contributed by atoms with Crippen molar-refractivity contribution in [2.75, 3.05) is 0 Å². The summed E-state index contributed by atoms with van der Waals surface area (Å²) < 4.78 is 0. The Morgan fingerprint density at radius 2 is 2.33 bits per heavy atom. The van der Waals surface area contributed by atoms with Gasteiger partial charge in [-0.3, -0.25) is 11.6 Å². The molecular formula is C3H11N11O. The van der Waals surface area contributed by atoms with E-state index in [9.17, 15) is 5.21 Å². The zero-order valence-corrected chi connectivity index (χ0v) is 7.82. The zero-order valence-electron chi connectivity index (χ0n) is 7.82. The van der Waals surface area contributed by atoms with Gasteiger partial charge < -0.3 is 5.21 Å². The molecule has 12 nitrogen and oxygen atoms in total. The monoisotopic (exact) mass is 217 g/mol. The van der Waals surface area contributed by atoms with Gasteiger partial charge in [-0.1, -0.05) is 5.10 Å². The number of hydrazine groups is 2. The lowest BCUT2D eigenvalue weighted by molar-refractivity contribution is -0.472. The second kappa shape index (κ2) is 6.96. The summed E-state index contributed by atoms with van der Waals surface area (Å²) >= 11 is 0. The molecule has 1 rings (SSSR count). The predicted octanol–water partition coefficient (Wildman–Crippen LogP) is -4.49. The Morgan fingerprint density at radius 3 is 2.60 bits per heavy atom. The van der Waals surface area contributed by atoms with Crippen molar-refractivity contribution in [3.8, 4) is 0 Å². The molecule has 0 aliphatic carbocycles. The van der Waals surface area contributed by atoms with Gasteiger partial charge in [-0.15, -0.1) is 10.2 Å². The fourth-order valence-electron chi connectivity index (χ4n) is 0.392. The van der Waals surface area contributed by atoms with Crippen LogP contribution in [0.3, 0.4) is 0 Å². The summed E-state index contributed by atoms with van der Waals surface area (Å²) in [7, 11) is 1.57. The van der Waals surface area contributed by atoms with E-state index >= 15 is 0 Å². The lowest BCUT2D eigenvalue weighted by Crippen LogP contribution is -2.85. The highest BCUT2D eigenvalue weighted by Gasteiger charge is 1.92. The van der Waals surface area contributed by atoms with Crippen LogP contribution in [0.5, 0.6) is 0 Å². The van der Waals surface area contributed by atoms with Gasteiger partial charge in [0, 0.05) is 0 Å². The van der Waals surface area contributed by atoms with E-state index in [0.717, 1.165) is 0 Å². The number of hydrogen-bond donors (Lipinski definition) is 5. The van der Waals surface area contributed by atoms with Gasteiger partial charge in [-0.05, 0) is 5.21 Å². The number of aromatic nitrogens is 4. The van der Waals surface area contributed by atoms with Gasteiger partial charge in [-0.2, -0.15) is 15.7 Å². The van der Waals surface area contributed by atoms with Gasteiger partial charge in [0.25, 0.3) is 0 Å². The molecule has 1 heterocycles. The van der Waals surface area contributed by atoms with Crippen molar-refractivity contribution in [2.24, 2.45) is 34.9 Å². The summed E-state index contributed by atoms with van der Waals surface area (Å²) in [5.74, 6) is 9.58. The Balaban J connectivity index is 0.000000288. The van der Waals surface area contributed by atoms with Crippen LogP contribution in [0, 0.1) is 5.21 Å². The Labute approximate surface area is 83.8 Å². The van der Waals surface area contributed by atoms with Crippen molar-refractivity contribution in [2.45, 2.75) is 0 Å². The van der Waals surface area contributed by atoms with E-state index in [-0.39, 0.29) is 11.9 Å². The van der Waals surface area contributed by atoms with E-state index in [1.165, 1.54) is 4.80 Å². The molecule has 12 heteroatoms. The molecule has 8 N–H and O–H groups in total. The smallest absolute Gasteiger partial charge is 0.379 e. The molecule has 0 atom stereocenters. The van der Waals surface area contributed by atoms with Crippen LogP contribution in [0.2, 0.25) is 0 Å². The van der Waals surface area contributed by atoms with E-state index in [1.54, 1.807) is 7.05 Å². The number of rotatable bonds is 1. The molecular weight excluding hydrogens is 206 g/mol. The van der Waals surface area contributed by atoms with Crippen molar-refractivity contribution in [3.63, 3.8) is 0 Å². The van der Waals surface area contributed by atoms with Crippen LogP contribution in [-0.4, -0.2) is 26.2 Å². The fraction of sp³-hybridized carbons (Fsp3) is 0.333. The molecule has 0 spiro atoms. The highest BCUT2D eigenvalue weighted by atomic mass is 16.5. The lowest BCUT2D eigenvalue weighted by atomic mass is 11.1. The highest BCUT2D eigenvalue weighted by Crippen LogP contribution is 1.96.